The Labute approximate surface area is 95.4 Å². The van der Waals surface area contributed by atoms with Crippen molar-refractivity contribution < 1.29 is 0 Å². The first-order chi connectivity index (χ1) is 7.14. The Kier molecular flexibility index (Phi) is 5.07. The lowest BCUT2D eigenvalue weighted by Gasteiger charge is -2.37. The molecule has 1 unspecified atom stereocenters. The molecule has 1 atom stereocenters. The lowest BCUT2D eigenvalue weighted by molar-refractivity contribution is 0.121. The van der Waals surface area contributed by atoms with Crippen molar-refractivity contribution in [2.45, 2.75) is 40.5 Å². The van der Waals surface area contributed by atoms with Crippen LogP contribution in [-0.4, -0.2) is 37.6 Å². The molecule has 15 heavy (non-hydrogen) atoms. The molecule has 0 aromatic carbocycles. The third-order valence-corrected chi connectivity index (χ3v) is 4.03. The second kappa shape index (κ2) is 5.86. The topological polar surface area (TPSA) is 15.3 Å². The molecule has 1 rings (SSSR count). The van der Waals surface area contributed by atoms with E-state index in [1.54, 1.807) is 0 Å². The molecular formula is C13H28N2. The molecule has 1 heterocycles. The van der Waals surface area contributed by atoms with Crippen molar-refractivity contribution >= 4 is 0 Å². The summed E-state index contributed by atoms with van der Waals surface area (Å²) < 4.78 is 0. The predicted molar refractivity (Wildman–Crippen MR) is 67.2 cm³/mol. The summed E-state index contributed by atoms with van der Waals surface area (Å²) in [5.74, 6) is 0.790. The van der Waals surface area contributed by atoms with Gasteiger partial charge in [-0.2, -0.15) is 0 Å². The van der Waals surface area contributed by atoms with Crippen LogP contribution in [0.5, 0.6) is 0 Å². The van der Waals surface area contributed by atoms with Gasteiger partial charge < -0.3 is 10.2 Å². The van der Waals surface area contributed by atoms with Crippen LogP contribution in [0.3, 0.4) is 0 Å². The van der Waals surface area contributed by atoms with E-state index in [1.165, 1.54) is 45.6 Å². The van der Waals surface area contributed by atoms with Crippen LogP contribution in [0.25, 0.3) is 0 Å². The van der Waals surface area contributed by atoms with Gasteiger partial charge in [-0.3, -0.25) is 0 Å². The zero-order valence-corrected chi connectivity index (χ0v) is 11.0. The van der Waals surface area contributed by atoms with E-state index < -0.39 is 0 Å². The highest BCUT2D eigenvalue weighted by Gasteiger charge is 2.37. The fraction of sp³-hybridized carbons (Fsp3) is 1.00. The highest BCUT2D eigenvalue weighted by atomic mass is 15.1. The van der Waals surface area contributed by atoms with Gasteiger partial charge in [0.25, 0.3) is 0 Å². The van der Waals surface area contributed by atoms with Crippen LogP contribution in [-0.2, 0) is 0 Å². The molecule has 0 amide bonds. The fourth-order valence-electron chi connectivity index (χ4n) is 2.68. The van der Waals surface area contributed by atoms with Crippen molar-refractivity contribution in [2.24, 2.45) is 11.3 Å². The molecule has 0 aromatic heterocycles. The second-order valence-electron chi connectivity index (χ2n) is 5.31. The van der Waals surface area contributed by atoms with E-state index in [9.17, 15) is 0 Å². The first kappa shape index (κ1) is 13.0. The Morgan fingerprint density at radius 1 is 1.33 bits per heavy atom. The van der Waals surface area contributed by atoms with Crippen LogP contribution >= 0.6 is 0 Å². The van der Waals surface area contributed by atoms with Crippen molar-refractivity contribution in [2.75, 3.05) is 32.7 Å². The van der Waals surface area contributed by atoms with Gasteiger partial charge in [0.2, 0.25) is 0 Å². The summed E-state index contributed by atoms with van der Waals surface area (Å²) in [4.78, 5) is 2.62. The van der Waals surface area contributed by atoms with Crippen LogP contribution in [0.4, 0.5) is 0 Å². The molecule has 0 radical (unpaired) electrons. The zero-order valence-electron chi connectivity index (χ0n) is 11.0. The Morgan fingerprint density at radius 2 is 2.07 bits per heavy atom. The molecule has 2 heteroatoms. The van der Waals surface area contributed by atoms with Crippen LogP contribution in [0.1, 0.15) is 40.5 Å². The summed E-state index contributed by atoms with van der Waals surface area (Å²) in [5.41, 5.74) is 0.533. The van der Waals surface area contributed by atoms with Crippen molar-refractivity contribution in [3.05, 3.63) is 0 Å². The monoisotopic (exact) mass is 212 g/mol. The summed E-state index contributed by atoms with van der Waals surface area (Å²) >= 11 is 0. The molecular weight excluding hydrogens is 184 g/mol. The van der Waals surface area contributed by atoms with E-state index in [0.29, 0.717) is 5.41 Å². The smallest absolute Gasteiger partial charge is 0.00530 e. The molecule has 1 N–H and O–H groups in total. The van der Waals surface area contributed by atoms with Crippen molar-refractivity contribution in [1.29, 1.82) is 0 Å². The molecule has 1 saturated heterocycles. The van der Waals surface area contributed by atoms with Gasteiger partial charge in [-0.25, -0.2) is 0 Å². The maximum Gasteiger partial charge on any atom is 0.00530 e. The molecule has 90 valence electrons. The number of nitrogens with zero attached hydrogens (tertiary/aromatic N) is 1. The minimum absolute atomic E-state index is 0.533. The zero-order chi connectivity index (χ0) is 11.3. The van der Waals surface area contributed by atoms with Gasteiger partial charge in [0.15, 0.2) is 0 Å². The molecule has 0 saturated carbocycles. The highest BCUT2D eigenvalue weighted by Crippen LogP contribution is 2.34. The van der Waals surface area contributed by atoms with Gasteiger partial charge in [0.1, 0.15) is 0 Å². The van der Waals surface area contributed by atoms with E-state index in [1.807, 2.05) is 0 Å². The summed E-state index contributed by atoms with van der Waals surface area (Å²) in [6, 6.07) is 0. The Morgan fingerprint density at radius 3 is 2.47 bits per heavy atom. The van der Waals surface area contributed by atoms with Gasteiger partial charge in [0.05, 0.1) is 0 Å². The number of rotatable bonds is 6. The average molecular weight is 212 g/mol. The largest absolute Gasteiger partial charge is 0.316 e. The molecule has 0 spiro atoms. The lowest BCUT2D eigenvalue weighted by Crippen LogP contribution is -2.43. The van der Waals surface area contributed by atoms with Crippen LogP contribution in [0.2, 0.25) is 0 Å². The summed E-state index contributed by atoms with van der Waals surface area (Å²) in [6.07, 6.45) is 2.63. The van der Waals surface area contributed by atoms with E-state index >= 15 is 0 Å². The normalized spacial score (nSPS) is 26.8. The Balaban J connectivity index is 2.57. The molecule has 2 nitrogen and oxygen atoms in total. The first-order valence-electron chi connectivity index (χ1n) is 6.57. The third kappa shape index (κ3) is 3.18. The number of hydrogen-bond donors (Lipinski definition) is 1. The minimum Gasteiger partial charge on any atom is -0.316 e. The standard InChI is InChI=1S/C13H28N2/c1-5-9-15(6-2)11-13(12(3)4)7-8-14-10-13/h12,14H,5-11H2,1-4H3. The third-order valence-electron chi connectivity index (χ3n) is 4.03. The molecule has 0 aliphatic carbocycles. The van der Waals surface area contributed by atoms with E-state index in [4.69, 9.17) is 0 Å². The van der Waals surface area contributed by atoms with Crippen LogP contribution < -0.4 is 5.32 Å². The van der Waals surface area contributed by atoms with Gasteiger partial charge in [-0.05, 0) is 43.8 Å². The maximum atomic E-state index is 3.54. The van der Waals surface area contributed by atoms with E-state index in [0.717, 1.165) is 5.92 Å². The molecule has 1 fully saturated rings. The van der Waals surface area contributed by atoms with Crippen LogP contribution in [0.15, 0.2) is 0 Å². The first-order valence-corrected chi connectivity index (χ1v) is 6.57. The van der Waals surface area contributed by atoms with E-state index in [-0.39, 0.29) is 0 Å². The second-order valence-corrected chi connectivity index (χ2v) is 5.31. The number of hydrogen-bond acceptors (Lipinski definition) is 2. The molecule has 1 aliphatic heterocycles. The van der Waals surface area contributed by atoms with Gasteiger partial charge in [-0.1, -0.05) is 27.7 Å². The summed E-state index contributed by atoms with van der Waals surface area (Å²) in [5, 5.41) is 3.54. The number of nitrogens with one attached hydrogen (secondary N) is 1. The summed E-state index contributed by atoms with van der Waals surface area (Å²) in [6.45, 7) is 15.5. The molecule has 0 bridgehead atoms. The lowest BCUT2D eigenvalue weighted by atomic mass is 9.76. The Hall–Kier alpha value is -0.0800. The Bertz CT molecular complexity index is 171. The predicted octanol–water partition coefficient (Wildman–Crippen LogP) is 2.35. The van der Waals surface area contributed by atoms with Crippen LogP contribution in [0, 0.1) is 11.3 Å². The molecule has 1 aliphatic rings. The quantitative estimate of drug-likeness (QED) is 0.727. The van der Waals surface area contributed by atoms with Crippen molar-refractivity contribution in [3.8, 4) is 0 Å². The van der Waals surface area contributed by atoms with Gasteiger partial charge in [0, 0.05) is 13.1 Å². The van der Waals surface area contributed by atoms with E-state index in [2.05, 4.69) is 37.9 Å². The van der Waals surface area contributed by atoms with Gasteiger partial charge >= 0.3 is 0 Å². The summed E-state index contributed by atoms with van der Waals surface area (Å²) in [7, 11) is 0. The van der Waals surface area contributed by atoms with Crippen molar-refractivity contribution in [1.82, 2.24) is 10.2 Å². The maximum absolute atomic E-state index is 3.54. The minimum atomic E-state index is 0.533. The average Bonchev–Trinajstić information content (AvgIpc) is 2.67. The van der Waals surface area contributed by atoms with Crippen molar-refractivity contribution in [3.63, 3.8) is 0 Å². The SMILES string of the molecule is CCCN(CC)CC1(C(C)C)CCNC1. The fourth-order valence-corrected chi connectivity index (χ4v) is 2.68. The van der Waals surface area contributed by atoms with Gasteiger partial charge in [-0.15, -0.1) is 0 Å². The molecule has 0 aromatic rings. The highest BCUT2D eigenvalue weighted by molar-refractivity contribution is 4.92.